The number of esters is 1. The number of hydrogen-bond acceptors (Lipinski definition) is 4. The van der Waals surface area contributed by atoms with Crippen LogP contribution < -0.4 is 10.5 Å². The molecule has 0 aliphatic heterocycles. The summed E-state index contributed by atoms with van der Waals surface area (Å²) in [5.74, 6) is 0.353. The van der Waals surface area contributed by atoms with Gasteiger partial charge in [0, 0.05) is 17.1 Å². The number of methoxy groups -OCH3 is 1. The average molecular weight is 320 g/mol. The van der Waals surface area contributed by atoms with Crippen LogP contribution in [0.25, 0.3) is 0 Å². The molecule has 2 aromatic rings. The summed E-state index contributed by atoms with van der Waals surface area (Å²) in [7, 11) is 1.37. The first kappa shape index (κ1) is 16.3. The molecule has 0 aromatic heterocycles. The fourth-order valence-corrected chi connectivity index (χ4v) is 2.38. The molecule has 22 heavy (non-hydrogen) atoms. The second-order valence-corrected chi connectivity index (χ2v) is 5.26. The van der Waals surface area contributed by atoms with E-state index in [4.69, 9.17) is 26.8 Å². The Labute approximate surface area is 134 Å². The summed E-state index contributed by atoms with van der Waals surface area (Å²) >= 11 is 6.06. The van der Waals surface area contributed by atoms with E-state index >= 15 is 0 Å². The van der Waals surface area contributed by atoms with E-state index in [1.54, 1.807) is 0 Å². The highest BCUT2D eigenvalue weighted by Crippen LogP contribution is 2.22. The van der Waals surface area contributed by atoms with E-state index in [0.717, 1.165) is 16.7 Å². The van der Waals surface area contributed by atoms with Crippen molar-refractivity contribution < 1.29 is 14.3 Å². The fourth-order valence-electron chi connectivity index (χ4n) is 2.10. The average Bonchev–Trinajstić information content (AvgIpc) is 2.53. The Hall–Kier alpha value is -2.04. The molecule has 0 amide bonds. The molecule has 0 aliphatic rings. The van der Waals surface area contributed by atoms with Gasteiger partial charge in [0.1, 0.15) is 12.4 Å². The Morgan fingerprint density at radius 3 is 2.64 bits per heavy atom. The largest absolute Gasteiger partial charge is 0.489 e. The van der Waals surface area contributed by atoms with Gasteiger partial charge >= 0.3 is 5.97 Å². The van der Waals surface area contributed by atoms with Crippen molar-refractivity contribution in [3.05, 3.63) is 64.2 Å². The summed E-state index contributed by atoms with van der Waals surface area (Å²) in [6.45, 7) is 0.776. The van der Waals surface area contributed by atoms with Crippen molar-refractivity contribution in [2.45, 2.75) is 19.6 Å². The second-order valence-electron chi connectivity index (χ2n) is 4.82. The Morgan fingerprint density at radius 2 is 1.91 bits per heavy atom. The Bertz CT molecular complexity index is 658. The quantitative estimate of drug-likeness (QED) is 0.831. The lowest BCUT2D eigenvalue weighted by Crippen LogP contribution is -2.07. The molecule has 0 bridgehead atoms. The van der Waals surface area contributed by atoms with Gasteiger partial charge in [-0.2, -0.15) is 0 Å². The minimum Gasteiger partial charge on any atom is -0.489 e. The van der Waals surface area contributed by atoms with Gasteiger partial charge in [0.2, 0.25) is 0 Å². The lowest BCUT2D eigenvalue weighted by atomic mass is 10.1. The van der Waals surface area contributed by atoms with Gasteiger partial charge in [0.15, 0.2) is 0 Å². The zero-order valence-corrected chi connectivity index (χ0v) is 13.1. The molecule has 0 unspecified atom stereocenters. The zero-order valence-electron chi connectivity index (χ0n) is 12.3. The molecule has 0 radical (unpaired) electrons. The molecule has 0 heterocycles. The topological polar surface area (TPSA) is 61.5 Å². The summed E-state index contributed by atoms with van der Waals surface area (Å²) in [5, 5.41) is 0.629. The third-order valence-corrected chi connectivity index (χ3v) is 3.40. The number of nitrogens with two attached hydrogens (primary N) is 1. The highest BCUT2D eigenvalue weighted by Gasteiger charge is 2.09. The molecule has 0 atom stereocenters. The summed E-state index contributed by atoms with van der Waals surface area (Å²) < 4.78 is 10.5. The number of halogens is 1. The van der Waals surface area contributed by atoms with Gasteiger partial charge in [-0.25, -0.2) is 0 Å². The van der Waals surface area contributed by atoms with Crippen LogP contribution in [-0.2, 0) is 29.1 Å². The predicted octanol–water partition coefficient (Wildman–Crippen LogP) is 3.09. The van der Waals surface area contributed by atoms with Gasteiger partial charge in [0.25, 0.3) is 0 Å². The fraction of sp³-hybridized carbons (Fsp3) is 0.235. The number of ether oxygens (including phenoxy) is 2. The Morgan fingerprint density at radius 1 is 1.18 bits per heavy atom. The van der Waals surface area contributed by atoms with Gasteiger partial charge in [0.05, 0.1) is 13.5 Å². The minimum absolute atomic E-state index is 0.177. The van der Waals surface area contributed by atoms with Crippen molar-refractivity contribution in [3.8, 4) is 5.75 Å². The zero-order chi connectivity index (χ0) is 15.9. The van der Waals surface area contributed by atoms with Crippen molar-refractivity contribution in [2.75, 3.05) is 7.11 Å². The number of rotatable bonds is 6. The van der Waals surface area contributed by atoms with Crippen LogP contribution in [0.2, 0.25) is 5.02 Å². The normalized spacial score (nSPS) is 10.3. The van der Waals surface area contributed by atoms with Gasteiger partial charge in [-0.1, -0.05) is 35.9 Å². The standard InChI is InChI=1S/C17H18ClNO3/c1-21-17(20)9-14-4-2-3-5-16(14)22-11-13-6-12(10-19)7-15(18)8-13/h2-8H,9-11,19H2,1H3. The van der Waals surface area contributed by atoms with Crippen molar-refractivity contribution in [1.29, 1.82) is 0 Å². The molecule has 0 saturated carbocycles. The van der Waals surface area contributed by atoms with Crippen molar-refractivity contribution in [3.63, 3.8) is 0 Å². The van der Waals surface area contributed by atoms with E-state index in [1.165, 1.54) is 7.11 Å². The summed E-state index contributed by atoms with van der Waals surface area (Å²) in [5.41, 5.74) is 8.31. The number of carbonyl (C=O) groups is 1. The highest BCUT2D eigenvalue weighted by molar-refractivity contribution is 6.30. The first-order chi connectivity index (χ1) is 10.6. The molecule has 0 spiro atoms. The smallest absolute Gasteiger partial charge is 0.310 e. The molecule has 4 nitrogen and oxygen atoms in total. The predicted molar refractivity (Wildman–Crippen MR) is 85.8 cm³/mol. The van der Waals surface area contributed by atoms with Crippen molar-refractivity contribution in [1.82, 2.24) is 0 Å². The molecule has 0 saturated heterocycles. The van der Waals surface area contributed by atoms with Gasteiger partial charge in [-0.3, -0.25) is 4.79 Å². The van der Waals surface area contributed by atoms with E-state index in [1.807, 2.05) is 42.5 Å². The number of benzene rings is 2. The molecule has 2 N–H and O–H groups in total. The first-order valence-electron chi connectivity index (χ1n) is 6.88. The monoisotopic (exact) mass is 319 g/mol. The molecule has 0 fully saturated rings. The van der Waals surface area contributed by atoms with E-state index in [0.29, 0.717) is 23.9 Å². The Balaban J connectivity index is 2.11. The van der Waals surface area contributed by atoms with Crippen LogP contribution in [0.4, 0.5) is 0 Å². The number of hydrogen-bond donors (Lipinski definition) is 1. The maximum atomic E-state index is 11.4. The summed E-state index contributed by atoms with van der Waals surface area (Å²) in [6, 6.07) is 13.0. The van der Waals surface area contributed by atoms with Crippen LogP contribution >= 0.6 is 11.6 Å². The first-order valence-corrected chi connectivity index (χ1v) is 7.26. The maximum absolute atomic E-state index is 11.4. The summed E-state index contributed by atoms with van der Waals surface area (Å²) in [6.07, 6.45) is 0.177. The van der Waals surface area contributed by atoms with Crippen molar-refractivity contribution in [2.24, 2.45) is 5.73 Å². The van der Waals surface area contributed by atoms with Gasteiger partial charge < -0.3 is 15.2 Å². The van der Waals surface area contributed by atoms with E-state index in [-0.39, 0.29) is 12.4 Å². The molecule has 5 heteroatoms. The molecule has 116 valence electrons. The van der Waals surface area contributed by atoms with E-state index < -0.39 is 0 Å². The van der Waals surface area contributed by atoms with Crippen LogP contribution in [0.15, 0.2) is 42.5 Å². The number of para-hydroxylation sites is 1. The minimum atomic E-state index is -0.302. The lowest BCUT2D eigenvalue weighted by Gasteiger charge is -2.12. The van der Waals surface area contributed by atoms with E-state index in [9.17, 15) is 4.79 Å². The van der Waals surface area contributed by atoms with Crippen LogP contribution in [0, 0.1) is 0 Å². The van der Waals surface area contributed by atoms with Crippen molar-refractivity contribution >= 4 is 17.6 Å². The van der Waals surface area contributed by atoms with Gasteiger partial charge in [-0.15, -0.1) is 0 Å². The van der Waals surface area contributed by atoms with Crippen LogP contribution in [0.1, 0.15) is 16.7 Å². The third kappa shape index (κ3) is 4.48. The second kappa shape index (κ2) is 7.82. The Kier molecular flexibility index (Phi) is 5.81. The summed E-state index contributed by atoms with van der Waals surface area (Å²) in [4.78, 5) is 11.4. The lowest BCUT2D eigenvalue weighted by molar-refractivity contribution is -0.139. The molecule has 2 aromatic carbocycles. The number of carbonyl (C=O) groups excluding carboxylic acids is 1. The molecular formula is C17H18ClNO3. The maximum Gasteiger partial charge on any atom is 0.310 e. The molecule has 2 rings (SSSR count). The van der Waals surface area contributed by atoms with E-state index in [2.05, 4.69) is 0 Å². The SMILES string of the molecule is COC(=O)Cc1ccccc1OCc1cc(Cl)cc(CN)c1. The van der Waals surface area contributed by atoms with Crippen LogP contribution in [-0.4, -0.2) is 13.1 Å². The molecular weight excluding hydrogens is 302 g/mol. The molecule has 0 aliphatic carbocycles. The third-order valence-electron chi connectivity index (χ3n) is 3.18. The van der Waals surface area contributed by atoms with Crippen LogP contribution in [0.3, 0.4) is 0 Å². The highest BCUT2D eigenvalue weighted by atomic mass is 35.5. The van der Waals surface area contributed by atoms with Gasteiger partial charge in [-0.05, 0) is 29.3 Å². The van der Waals surface area contributed by atoms with Crippen LogP contribution in [0.5, 0.6) is 5.75 Å².